The number of carbonyl (C=O) groups excluding carboxylic acids is 1. The van der Waals surface area contributed by atoms with Crippen molar-refractivity contribution in [2.24, 2.45) is 11.7 Å². The highest BCUT2D eigenvalue weighted by atomic mass is 16.5. The molecule has 2 unspecified atom stereocenters. The number of ether oxygens (including phenoxy) is 1. The molecule has 0 aromatic carbocycles. The number of carbonyl (C=O) groups is 1. The Kier molecular flexibility index (Phi) is 3.49. The second-order valence-electron chi connectivity index (χ2n) is 3.20. The summed E-state index contributed by atoms with van der Waals surface area (Å²) in [6, 6.07) is 0.203. The smallest absolute Gasteiger partial charge is 0.305 e. The fourth-order valence-corrected chi connectivity index (χ4v) is 1.47. The maximum Gasteiger partial charge on any atom is 0.305 e. The van der Waals surface area contributed by atoms with Crippen LogP contribution in [0.3, 0.4) is 0 Å². The molecule has 1 heterocycles. The zero-order valence-electron chi connectivity index (χ0n) is 7.38. The fourth-order valence-electron chi connectivity index (χ4n) is 1.47. The van der Waals surface area contributed by atoms with Gasteiger partial charge in [0.1, 0.15) is 0 Å². The zero-order valence-corrected chi connectivity index (χ0v) is 7.38. The predicted octanol–water partition coefficient (Wildman–Crippen LogP) is -0.514. The van der Waals surface area contributed by atoms with Gasteiger partial charge in [0.2, 0.25) is 0 Å². The summed E-state index contributed by atoms with van der Waals surface area (Å²) in [7, 11) is 1.41. The minimum atomic E-state index is -0.144. The van der Waals surface area contributed by atoms with Gasteiger partial charge >= 0.3 is 5.97 Å². The van der Waals surface area contributed by atoms with E-state index in [4.69, 9.17) is 5.73 Å². The van der Waals surface area contributed by atoms with Crippen molar-refractivity contribution in [1.29, 1.82) is 0 Å². The number of methoxy groups -OCH3 is 1. The molecule has 1 aliphatic rings. The van der Waals surface area contributed by atoms with Gasteiger partial charge in [-0.05, 0) is 18.9 Å². The van der Waals surface area contributed by atoms with Gasteiger partial charge in [0.15, 0.2) is 0 Å². The predicted molar refractivity (Wildman–Crippen MR) is 45.6 cm³/mol. The summed E-state index contributed by atoms with van der Waals surface area (Å²) in [6.07, 6.45) is 1.32. The van der Waals surface area contributed by atoms with Crippen molar-refractivity contribution in [2.45, 2.75) is 18.9 Å². The van der Waals surface area contributed by atoms with Crippen LogP contribution in [0, 0.1) is 5.92 Å². The molecule has 3 N–H and O–H groups in total. The average molecular weight is 172 g/mol. The van der Waals surface area contributed by atoms with Crippen molar-refractivity contribution in [2.75, 3.05) is 20.2 Å². The maximum atomic E-state index is 10.8. The molecule has 1 fully saturated rings. The molecule has 0 radical (unpaired) electrons. The van der Waals surface area contributed by atoms with E-state index in [2.05, 4.69) is 10.1 Å². The molecule has 12 heavy (non-hydrogen) atoms. The van der Waals surface area contributed by atoms with Gasteiger partial charge in [0.25, 0.3) is 0 Å². The van der Waals surface area contributed by atoms with Gasteiger partial charge in [0.05, 0.1) is 7.11 Å². The van der Waals surface area contributed by atoms with E-state index in [1.165, 1.54) is 7.11 Å². The minimum Gasteiger partial charge on any atom is -0.469 e. The summed E-state index contributed by atoms with van der Waals surface area (Å²) in [5, 5.41) is 3.19. The molecule has 0 saturated carbocycles. The zero-order chi connectivity index (χ0) is 8.97. The van der Waals surface area contributed by atoms with E-state index in [0.717, 1.165) is 19.5 Å². The molecule has 4 heteroatoms. The SMILES string of the molecule is COC(=O)CCC1CNCC1N. The van der Waals surface area contributed by atoms with Gasteiger partial charge in [-0.1, -0.05) is 0 Å². The molecular formula is C8H16N2O2. The third kappa shape index (κ3) is 2.46. The van der Waals surface area contributed by atoms with Crippen molar-refractivity contribution in [3.8, 4) is 0 Å². The average Bonchev–Trinajstić information content (AvgIpc) is 2.47. The van der Waals surface area contributed by atoms with E-state index in [9.17, 15) is 4.79 Å². The van der Waals surface area contributed by atoms with Crippen molar-refractivity contribution in [1.82, 2.24) is 5.32 Å². The van der Waals surface area contributed by atoms with E-state index in [1.54, 1.807) is 0 Å². The number of nitrogens with two attached hydrogens (primary N) is 1. The van der Waals surface area contributed by atoms with Gasteiger partial charge in [0, 0.05) is 19.0 Å². The second kappa shape index (κ2) is 4.42. The number of esters is 1. The van der Waals surface area contributed by atoms with Crippen molar-refractivity contribution >= 4 is 5.97 Å². The van der Waals surface area contributed by atoms with Crippen molar-refractivity contribution in [3.63, 3.8) is 0 Å². The Labute approximate surface area is 72.5 Å². The lowest BCUT2D eigenvalue weighted by Gasteiger charge is -2.12. The lowest BCUT2D eigenvalue weighted by molar-refractivity contribution is -0.140. The van der Waals surface area contributed by atoms with E-state index < -0.39 is 0 Å². The molecule has 0 amide bonds. The first kappa shape index (κ1) is 9.48. The molecule has 70 valence electrons. The molecule has 1 aliphatic heterocycles. The molecule has 2 atom stereocenters. The Hall–Kier alpha value is -0.610. The Bertz CT molecular complexity index is 161. The third-order valence-electron chi connectivity index (χ3n) is 2.34. The van der Waals surface area contributed by atoms with Gasteiger partial charge in [-0.3, -0.25) is 4.79 Å². The van der Waals surface area contributed by atoms with E-state index >= 15 is 0 Å². The summed E-state index contributed by atoms with van der Waals surface area (Å²) in [4.78, 5) is 10.8. The summed E-state index contributed by atoms with van der Waals surface area (Å²) >= 11 is 0. The topological polar surface area (TPSA) is 64.3 Å². The van der Waals surface area contributed by atoms with Gasteiger partial charge in [-0.15, -0.1) is 0 Å². The minimum absolute atomic E-state index is 0.144. The number of hydrogen-bond acceptors (Lipinski definition) is 4. The number of hydrogen-bond donors (Lipinski definition) is 2. The molecule has 0 aromatic rings. The summed E-state index contributed by atoms with van der Waals surface area (Å²) in [5.41, 5.74) is 5.79. The van der Waals surface area contributed by atoms with E-state index in [-0.39, 0.29) is 12.0 Å². The highest BCUT2D eigenvalue weighted by molar-refractivity contribution is 5.69. The van der Waals surface area contributed by atoms with Crippen LogP contribution in [0.4, 0.5) is 0 Å². The maximum absolute atomic E-state index is 10.8. The lowest BCUT2D eigenvalue weighted by atomic mass is 9.99. The van der Waals surface area contributed by atoms with Crippen LogP contribution in [0.5, 0.6) is 0 Å². The molecule has 1 saturated heterocycles. The molecule has 1 rings (SSSR count). The van der Waals surface area contributed by atoms with Gasteiger partial charge in [-0.25, -0.2) is 0 Å². The highest BCUT2D eigenvalue weighted by Crippen LogP contribution is 2.13. The van der Waals surface area contributed by atoms with Crippen molar-refractivity contribution < 1.29 is 9.53 Å². The van der Waals surface area contributed by atoms with Crippen LogP contribution in [-0.2, 0) is 9.53 Å². The van der Waals surface area contributed by atoms with E-state index in [1.807, 2.05) is 0 Å². The normalized spacial score (nSPS) is 28.8. The first-order valence-electron chi connectivity index (χ1n) is 4.27. The lowest BCUT2D eigenvalue weighted by Crippen LogP contribution is -2.29. The summed E-state index contributed by atoms with van der Waals surface area (Å²) in [5.74, 6) is 0.290. The Morgan fingerprint density at radius 1 is 1.67 bits per heavy atom. The number of nitrogens with one attached hydrogen (secondary N) is 1. The van der Waals surface area contributed by atoms with Gasteiger partial charge < -0.3 is 15.8 Å². The standard InChI is InChI=1S/C8H16N2O2/c1-12-8(11)3-2-6-4-10-5-7(6)9/h6-7,10H,2-5,9H2,1H3. The van der Waals surface area contributed by atoms with Gasteiger partial charge in [-0.2, -0.15) is 0 Å². The fraction of sp³-hybridized carbons (Fsp3) is 0.875. The van der Waals surface area contributed by atoms with Crippen LogP contribution in [0.2, 0.25) is 0 Å². The monoisotopic (exact) mass is 172 g/mol. The van der Waals surface area contributed by atoms with Crippen LogP contribution in [-0.4, -0.2) is 32.2 Å². The highest BCUT2D eigenvalue weighted by Gasteiger charge is 2.23. The van der Waals surface area contributed by atoms with Crippen LogP contribution in [0.25, 0.3) is 0 Å². The molecule has 0 aliphatic carbocycles. The molecule has 0 aromatic heterocycles. The largest absolute Gasteiger partial charge is 0.469 e. The Morgan fingerprint density at radius 3 is 2.92 bits per heavy atom. The molecular weight excluding hydrogens is 156 g/mol. The quantitative estimate of drug-likeness (QED) is 0.563. The van der Waals surface area contributed by atoms with E-state index in [0.29, 0.717) is 12.3 Å². The van der Waals surface area contributed by atoms with Crippen LogP contribution < -0.4 is 11.1 Å². The van der Waals surface area contributed by atoms with Crippen LogP contribution in [0.1, 0.15) is 12.8 Å². The third-order valence-corrected chi connectivity index (χ3v) is 2.34. The summed E-state index contributed by atoms with van der Waals surface area (Å²) < 4.78 is 4.55. The first-order valence-corrected chi connectivity index (χ1v) is 4.27. The number of rotatable bonds is 3. The van der Waals surface area contributed by atoms with Crippen LogP contribution in [0.15, 0.2) is 0 Å². The molecule has 0 spiro atoms. The second-order valence-corrected chi connectivity index (χ2v) is 3.20. The summed E-state index contributed by atoms with van der Waals surface area (Å²) in [6.45, 7) is 1.80. The molecule has 4 nitrogen and oxygen atoms in total. The first-order chi connectivity index (χ1) is 5.74. The Balaban J connectivity index is 2.18. The van der Waals surface area contributed by atoms with Crippen molar-refractivity contribution in [3.05, 3.63) is 0 Å². The Morgan fingerprint density at radius 2 is 2.42 bits per heavy atom. The molecule has 0 bridgehead atoms. The van der Waals surface area contributed by atoms with Crippen LogP contribution >= 0.6 is 0 Å².